The number of aryl methyl sites for hydroxylation is 1. The molecule has 0 amide bonds. The summed E-state index contributed by atoms with van der Waals surface area (Å²) in [5, 5.41) is 0. The fraction of sp³-hybridized carbons (Fsp3) is 0.455. The largest absolute Gasteiger partial charge is 0.521 e. The number of rotatable bonds is 4. The fourth-order valence-corrected chi connectivity index (χ4v) is 1.32. The van der Waals surface area contributed by atoms with Crippen LogP contribution in [0.25, 0.3) is 0 Å². The zero-order valence-electron chi connectivity index (χ0n) is 9.64. The van der Waals surface area contributed by atoms with Gasteiger partial charge in [-0.2, -0.15) is 0 Å². The Morgan fingerprint density at radius 2 is 1.88 bits per heavy atom. The van der Waals surface area contributed by atoms with Crippen molar-refractivity contribution >= 4 is 6.98 Å². The van der Waals surface area contributed by atoms with Crippen molar-refractivity contribution in [1.29, 1.82) is 0 Å². The molecule has 0 aliphatic rings. The van der Waals surface area contributed by atoms with Gasteiger partial charge in [0.2, 0.25) is 0 Å². The van der Waals surface area contributed by atoms with Gasteiger partial charge in [-0.3, -0.25) is 0 Å². The summed E-state index contributed by atoms with van der Waals surface area (Å²) in [6.07, 6.45) is 0. The number of benzene rings is 1. The fourth-order valence-electron chi connectivity index (χ4n) is 1.32. The summed E-state index contributed by atoms with van der Waals surface area (Å²) in [6, 6.07) is 5.38. The second-order valence-corrected chi connectivity index (χ2v) is 4.20. The molecule has 0 unspecified atom stereocenters. The topological polar surface area (TPSA) is 9.23 Å². The van der Waals surface area contributed by atoms with E-state index in [9.17, 15) is 12.9 Å². The average Bonchev–Trinajstić information content (AvgIpc) is 2.14. The van der Waals surface area contributed by atoms with Crippen LogP contribution in [0.2, 0.25) is 0 Å². The van der Waals surface area contributed by atoms with Crippen molar-refractivity contribution in [1.82, 2.24) is 0 Å². The normalized spacial score (nSPS) is 11.9. The van der Waals surface area contributed by atoms with Gasteiger partial charge in [-0.1, -0.05) is 26.0 Å². The lowest BCUT2D eigenvalue weighted by Crippen LogP contribution is -2.26. The van der Waals surface area contributed by atoms with Gasteiger partial charge in [-0.05, 0) is 30.0 Å². The number of hydrogen-bond donors (Lipinski definition) is 0. The molecule has 1 rings (SSSR count). The van der Waals surface area contributed by atoms with Crippen molar-refractivity contribution in [3.63, 3.8) is 0 Å². The molecule has 1 aromatic rings. The molecule has 0 radical (unpaired) electrons. The first-order valence-electron chi connectivity index (χ1n) is 5.24. The van der Waals surface area contributed by atoms with E-state index < -0.39 is 13.5 Å². The van der Waals surface area contributed by atoms with Gasteiger partial charge in [0.05, 0.1) is 6.51 Å². The van der Waals surface area contributed by atoms with Crippen molar-refractivity contribution in [2.24, 2.45) is 0 Å². The lowest BCUT2D eigenvalue weighted by molar-refractivity contribution is 0.311. The van der Waals surface area contributed by atoms with Crippen LogP contribution in [0.3, 0.4) is 0 Å². The van der Waals surface area contributed by atoms with E-state index in [0.717, 1.165) is 11.1 Å². The summed E-state index contributed by atoms with van der Waals surface area (Å²) in [7, 11) is 0. The summed E-state index contributed by atoms with van der Waals surface area (Å²) in [4.78, 5) is 0. The van der Waals surface area contributed by atoms with Crippen LogP contribution in [0, 0.1) is 6.92 Å². The van der Waals surface area contributed by atoms with Crippen LogP contribution in [0.5, 0.6) is 5.75 Å². The molecule has 0 spiro atoms. The third kappa shape index (κ3) is 3.79. The first kappa shape index (κ1) is 12.9. The Hall–Kier alpha value is -1.13. The molecule has 0 bridgehead atoms. The van der Waals surface area contributed by atoms with E-state index in [2.05, 4.69) is 0 Å². The predicted molar refractivity (Wildman–Crippen MR) is 59.8 cm³/mol. The lowest BCUT2D eigenvalue weighted by atomic mass is 9.94. The van der Waals surface area contributed by atoms with Crippen molar-refractivity contribution in [2.45, 2.75) is 26.7 Å². The molecule has 0 aliphatic carbocycles. The molecule has 0 N–H and O–H groups in total. The first-order valence-corrected chi connectivity index (χ1v) is 5.24. The van der Waals surface area contributed by atoms with E-state index in [0.29, 0.717) is 5.75 Å². The Morgan fingerprint density at radius 1 is 1.25 bits per heavy atom. The van der Waals surface area contributed by atoms with E-state index in [4.69, 9.17) is 4.74 Å². The van der Waals surface area contributed by atoms with Crippen LogP contribution in [-0.2, 0) is 0 Å². The summed E-state index contributed by atoms with van der Waals surface area (Å²) in [5.41, 5.74) is 1.71. The molecule has 0 aliphatic heterocycles. The minimum Gasteiger partial charge on any atom is -0.521 e. The summed E-state index contributed by atoms with van der Waals surface area (Å²) in [5.74, 6) is 0.602. The van der Waals surface area contributed by atoms with Crippen LogP contribution < -0.4 is 4.74 Å². The molecule has 5 heteroatoms. The minimum absolute atomic E-state index is 0.277. The van der Waals surface area contributed by atoms with E-state index in [1.807, 2.05) is 19.9 Å². The monoisotopic (exact) mass is 231 g/mol. The highest BCUT2D eigenvalue weighted by Gasteiger charge is 2.24. The van der Waals surface area contributed by atoms with Crippen LogP contribution >= 0.6 is 0 Å². The van der Waals surface area contributed by atoms with Crippen LogP contribution in [0.1, 0.15) is 30.9 Å². The molecule has 0 aromatic heterocycles. The zero-order chi connectivity index (χ0) is 12.3. The highest BCUT2D eigenvalue weighted by atomic mass is 19.4. The maximum atomic E-state index is 12.1. The molecule has 1 aromatic carbocycles. The standard InChI is InChI=1S/C11H15BF3O/c1-8(2)10-5-4-9(3)11(6-10)16-7-12(13,14)15/h4-6,8H,7H2,1-3H3/q-1. The van der Waals surface area contributed by atoms with Gasteiger partial charge >= 0.3 is 6.98 Å². The quantitative estimate of drug-likeness (QED) is 0.714. The summed E-state index contributed by atoms with van der Waals surface area (Å²) in [6.45, 7) is -0.356. The minimum atomic E-state index is -4.89. The average molecular weight is 231 g/mol. The molecule has 0 heterocycles. The van der Waals surface area contributed by atoms with Gasteiger partial charge in [-0.25, -0.2) is 0 Å². The first-order chi connectivity index (χ1) is 7.29. The Bertz CT molecular complexity index is 361. The maximum Gasteiger partial charge on any atom is 0.515 e. The molecular formula is C11H15BF3O-. The van der Waals surface area contributed by atoms with Gasteiger partial charge in [0.1, 0.15) is 5.75 Å². The van der Waals surface area contributed by atoms with Crippen LogP contribution in [-0.4, -0.2) is 13.5 Å². The number of halogens is 3. The SMILES string of the molecule is Cc1ccc(C(C)C)cc1OC[B-](F)(F)F. The van der Waals surface area contributed by atoms with Gasteiger partial charge in [-0.15, -0.1) is 0 Å². The highest BCUT2D eigenvalue weighted by molar-refractivity contribution is 6.58. The van der Waals surface area contributed by atoms with Gasteiger partial charge in [0.15, 0.2) is 0 Å². The second kappa shape index (κ2) is 4.81. The predicted octanol–water partition coefficient (Wildman–Crippen LogP) is 3.88. The highest BCUT2D eigenvalue weighted by Crippen LogP contribution is 2.25. The van der Waals surface area contributed by atoms with Crippen LogP contribution in [0.15, 0.2) is 18.2 Å². The molecular weight excluding hydrogens is 216 g/mol. The molecule has 16 heavy (non-hydrogen) atoms. The Labute approximate surface area is 93.7 Å². The molecule has 90 valence electrons. The third-order valence-electron chi connectivity index (χ3n) is 2.31. The van der Waals surface area contributed by atoms with E-state index in [-0.39, 0.29) is 5.92 Å². The zero-order valence-corrected chi connectivity index (χ0v) is 9.64. The smallest absolute Gasteiger partial charge is 0.515 e. The Balaban J connectivity index is 2.82. The van der Waals surface area contributed by atoms with Gasteiger partial charge < -0.3 is 17.7 Å². The number of hydrogen-bond acceptors (Lipinski definition) is 1. The summed E-state index contributed by atoms with van der Waals surface area (Å²) < 4.78 is 41.0. The van der Waals surface area contributed by atoms with E-state index in [1.54, 1.807) is 19.1 Å². The molecule has 0 atom stereocenters. The van der Waals surface area contributed by atoms with Gasteiger partial charge in [0, 0.05) is 0 Å². The molecule has 0 saturated carbocycles. The molecule has 0 fully saturated rings. The maximum absolute atomic E-state index is 12.1. The van der Waals surface area contributed by atoms with E-state index in [1.165, 1.54) is 0 Å². The Kier molecular flexibility index (Phi) is 3.89. The van der Waals surface area contributed by atoms with Gasteiger partial charge in [0.25, 0.3) is 0 Å². The van der Waals surface area contributed by atoms with Crippen molar-refractivity contribution in [3.8, 4) is 5.75 Å². The lowest BCUT2D eigenvalue weighted by Gasteiger charge is -2.17. The number of ether oxygens (including phenoxy) is 1. The third-order valence-corrected chi connectivity index (χ3v) is 2.31. The summed E-state index contributed by atoms with van der Waals surface area (Å²) >= 11 is 0. The van der Waals surface area contributed by atoms with E-state index >= 15 is 0 Å². The molecule has 1 nitrogen and oxygen atoms in total. The molecule has 0 saturated heterocycles. The van der Waals surface area contributed by atoms with Crippen molar-refractivity contribution in [3.05, 3.63) is 29.3 Å². The second-order valence-electron chi connectivity index (χ2n) is 4.20. The Morgan fingerprint density at radius 3 is 2.38 bits per heavy atom. The van der Waals surface area contributed by atoms with Crippen molar-refractivity contribution in [2.75, 3.05) is 6.51 Å². The van der Waals surface area contributed by atoms with Crippen molar-refractivity contribution < 1.29 is 17.7 Å². The van der Waals surface area contributed by atoms with Crippen LogP contribution in [0.4, 0.5) is 12.9 Å².